The van der Waals surface area contributed by atoms with Gasteiger partial charge >= 0.3 is 0 Å². The molecule has 0 saturated carbocycles. The Balaban J connectivity index is 1.50. The van der Waals surface area contributed by atoms with Crippen LogP contribution in [0.5, 0.6) is 0 Å². The van der Waals surface area contributed by atoms with Gasteiger partial charge in [0.05, 0.1) is 0 Å². The largest absolute Gasteiger partial charge is 0.384 e. The quantitative estimate of drug-likeness (QED) is 0.236. The fourth-order valence-electron chi connectivity index (χ4n) is 4.53. The maximum Gasteiger partial charge on any atom is 0.273 e. The third kappa shape index (κ3) is 4.63. The van der Waals surface area contributed by atoms with Crippen LogP contribution in [0.3, 0.4) is 0 Å². The van der Waals surface area contributed by atoms with Gasteiger partial charge in [-0.3, -0.25) is 15.0 Å². The highest BCUT2D eigenvalue weighted by Crippen LogP contribution is 2.25. The molecule has 2 amide bonds. The number of nitrogens with zero attached hydrogens (tertiary/aromatic N) is 3. The van der Waals surface area contributed by atoms with Gasteiger partial charge in [0, 0.05) is 41.7 Å². The van der Waals surface area contributed by atoms with E-state index in [4.69, 9.17) is 16.9 Å². The summed E-state index contributed by atoms with van der Waals surface area (Å²) in [4.78, 5) is 31.8. The molecule has 2 aromatic carbocycles. The molecule has 3 heterocycles. The smallest absolute Gasteiger partial charge is 0.273 e. The fraction of sp³-hybridized carbons (Fsp3) is 0.185. The summed E-state index contributed by atoms with van der Waals surface area (Å²) in [6.45, 7) is 2.30. The van der Waals surface area contributed by atoms with E-state index in [0.717, 1.165) is 48.2 Å². The zero-order valence-electron chi connectivity index (χ0n) is 19.7. The molecule has 0 spiro atoms. The van der Waals surface area contributed by atoms with E-state index >= 15 is 0 Å². The van der Waals surface area contributed by atoms with Crippen molar-refractivity contribution < 1.29 is 9.59 Å². The van der Waals surface area contributed by atoms with Crippen LogP contribution >= 0.6 is 0 Å². The van der Waals surface area contributed by atoms with Crippen molar-refractivity contribution in [3.05, 3.63) is 89.1 Å². The van der Waals surface area contributed by atoms with Crippen molar-refractivity contribution in [3.63, 3.8) is 0 Å². The number of hydrogen-bond donors (Lipinski definition) is 4. The number of anilines is 2. The van der Waals surface area contributed by atoms with Gasteiger partial charge in [0.1, 0.15) is 23.2 Å². The molecule has 0 atom stereocenters. The number of nitrogens with one attached hydrogen (secondary N) is 2. The average molecular weight is 482 g/mol. The van der Waals surface area contributed by atoms with Crippen molar-refractivity contribution in [2.24, 2.45) is 11.5 Å². The van der Waals surface area contributed by atoms with Crippen molar-refractivity contribution in [1.29, 1.82) is 5.41 Å². The monoisotopic (exact) mass is 481 g/mol. The molecule has 6 N–H and O–H groups in total. The van der Waals surface area contributed by atoms with Gasteiger partial charge in [0.25, 0.3) is 5.91 Å². The third-order valence-electron chi connectivity index (χ3n) is 6.43. The standard InChI is InChI=1S/C27H27N7O2/c28-25(29)20-11-10-19-14-22(27(36)32-23-4-3-5-24(31-23)33-12-1-2-13-33)34(21(19)15-20)16-17-6-8-18(9-7-17)26(30)35/h3-11,14-15H,1-2,12-13,16H2,(H3,28,29)(H2,30,35)(H,31,32,36). The fourth-order valence-corrected chi connectivity index (χ4v) is 4.53. The van der Waals surface area contributed by atoms with E-state index in [-0.39, 0.29) is 11.7 Å². The predicted octanol–water partition coefficient (Wildman–Crippen LogP) is 3.32. The van der Waals surface area contributed by atoms with Crippen molar-refractivity contribution in [1.82, 2.24) is 9.55 Å². The summed E-state index contributed by atoms with van der Waals surface area (Å²) in [6, 6.07) is 19.8. The molecule has 1 saturated heterocycles. The molecule has 0 aliphatic carbocycles. The molecule has 1 aliphatic heterocycles. The van der Waals surface area contributed by atoms with Gasteiger partial charge in [-0.2, -0.15) is 0 Å². The first-order valence-corrected chi connectivity index (χ1v) is 11.8. The molecule has 1 fully saturated rings. The Kier molecular flexibility index (Phi) is 6.12. The van der Waals surface area contributed by atoms with Crippen LogP contribution in [0, 0.1) is 5.41 Å². The maximum atomic E-state index is 13.5. The molecule has 36 heavy (non-hydrogen) atoms. The van der Waals surface area contributed by atoms with E-state index in [9.17, 15) is 9.59 Å². The molecular weight excluding hydrogens is 454 g/mol. The lowest BCUT2D eigenvalue weighted by Crippen LogP contribution is -2.21. The number of rotatable bonds is 7. The molecule has 182 valence electrons. The number of amidine groups is 1. The average Bonchev–Trinajstić information content (AvgIpc) is 3.53. The Morgan fingerprint density at radius 3 is 2.36 bits per heavy atom. The van der Waals surface area contributed by atoms with Crippen LogP contribution in [0.15, 0.2) is 66.7 Å². The van der Waals surface area contributed by atoms with E-state index in [1.807, 2.05) is 41.0 Å². The summed E-state index contributed by atoms with van der Waals surface area (Å²) < 4.78 is 1.88. The van der Waals surface area contributed by atoms with Crippen molar-refractivity contribution >= 4 is 40.2 Å². The molecule has 1 aliphatic rings. The van der Waals surface area contributed by atoms with Crippen molar-refractivity contribution in [2.45, 2.75) is 19.4 Å². The molecule has 0 unspecified atom stereocenters. The normalized spacial score (nSPS) is 13.2. The summed E-state index contributed by atoms with van der Waals surface area (Å²) in [5, 5.41) is 11.6. The molecule has 0 bridgehead atoms. The third-order valence-corrected chi connectivity index (χ3v) is 6.43. The molecular formula is C27H27N7O2. The van der Waals surface area contributed by atoms with E-state index in [1.54, 1.807) is 30.3 Å². The van der Waals surface area contributed by atoms with Crippen LogP contribution in [0.2, 0.25) is 0 Å². The number of hydrogen-bond acceptors (Lipinski definition) is 5. The molecule has 9 heteroatoms. The topological polar surface area (TPSA) is 143 Å². The van der Waals surface area contributed by atoms with Crippen LogP contribution in [-0.2, 0) is 6.54 Å². The SMILES string of the molecule is N=C(N)c1ccc2cc(C(=O)Nc3cccc(N4CCCC4)n3)n(Cc3ccc(C(N)=O)cc3)c2c1. The zero-order chi connectivity index (χ0) is 25.2. The number of primary amides is 1. The zero-order valence-corrected chi connectivity index (χ0v) is 19.7. The Bertz CT molecular complexity index is 1470. The lowest BCUT2D eigenvalue weighted by molar-refractivity contribution is 0.0996. The number of nitrogen functional groups attached to an aromatic ring is 1. The minimum atomic E-state index is -0.497. The molecule has 9 nitrogen and oxygen atoms in total. The Hall–Kier alpha value is -4.66. The number of pyridine rings is 1. The Morgan fingerprint density at radius 1 is 0.944 bits per heavy atom. The number of fused-ring (bicyclic) bond motifs is 1. The number of carbonyl (C=O) groups excluding carboxylic acids is 2. The summed E-state index contributed by atoms with van der Waals surface area (Å²) in [7, 11) is 0. The number of nitrogens with two attached hydrogens (primary N) is 2. The second-order valence-electron chi connectivity index (χ2n) is 8.89. The second kappa shape index (κ2) is 9.53. The summed E-state index contributed by atoms with van der Waals surface area (Å²) >= 11 is 0. The first-order valence-electron chi connectivity index (χ1n) is 11.8. The summed E-state index contributed by atoms with van der Waals surface area (Å²) in [5.41, 5.74) is 14.2. The number of carbonyl (C=O) groups is 2. The lowest BCUT2D eigenvalue weighted by atomic mass is 10.1. The van der Waals surface area contributed by atoms with Crippen molar-refractivity contribution in [2.75, 3.05) is 23.3 Å². The first kappa shape index (κ1) is 23.1. The van der Waals surface area contributed by atoms with E-state index in [0.29, 0.717) is 29.2 Å². The van der Waals surface area contributed by atoms with Gasteiger partial charge < -0.3 is 26.3 Å². The first-order chi connectivity index (χ1) is 17.4. The van der Waals surface area contributed by atoms with Crippen LogP contribution in [0.1, 0.15) is 44.8 Å². The molecule has 5 rings (SSSR count). The lowest BCUT2D eigenvalue weighted by Gasteiger charge is -2.17. The van der Waals surface area contributed by atoms with Gasteiger partial charge in [-0.1, -0.05) is 30.3 Å². The highest BCUT2D eigenvalue weighted by atomic mass is 16.2. The van der Waals surface area contributed by atoms with Crippen LogP contribution < -0.4 is 21.7 Å². The summed E-state index contributed by atoms with van der Waals surface area (Å²) in [5.74, 6) is 0.491. The Labute approximate surface area is 208 Å². The number of benzene rings is 2. The summed E-state index contributed by atoms with van der Waals surface area (Å²) in [6.07, 6.45) is 2.28. The Morgan fingerprint density at radius 2 is 1.67 bits per heavy atom. The van der Waals surface area contributed by atoms with Crippen LogP contribution in [0.4, 0.5) is 11.6 Å². The van der Waals surface area contributed by atoms with Gasteiger partial charge in [0.2, 0.25) is 5.91 Å². The minimum Gasteiger partial charge on any atom is -0.384 e. The maximum absolute atomic E-state index is 13.5. The minimum absolute atomic E-state index is 0.0515. The number of aromatic nitrogens is 2. The number of amides is 2. The van der Waals surface area contributed by atoms with Gasteiger partial charge in [-0.05, 0) is 54.8 Å². The molecule has 4 aromatic rings. The van der Waals surface area contributed by atoms with Crippen LogP contribution in [0.25, 0.3) is 10.9 Å². The van der Waals surface area contributed by atoms with Crippen molar-refractivity contribution in [3.8, 4) is 0 Å². The second-order valence-corrected chi connectivity index (χ2v) is 8.89. The highest BCUT2D eigenvalue weighted by molar-refractivity contribution is 6.07. The van der Waals surface area contributed by atoms with E-state index in [2.05, 4.69) is 15.2 Å². The predicted molar refractivity (Wildman–Crippen MR) is 141 cm³/mol. The molecule has 2 aromatic heterocycles. The van der Waals surface area contributed by atoms with E-state index in [1.165, 1.54) is 0 Å². The highest BCUT2D eigenvalue weighted by Gasteiger charge is 2.19. The van der Waals surface area contributed by atoms with Crippen LogP contribution in [-0.4, -0.2) is 40.3 Å². The van der Waals surface area contributed by atoms with E-state index < -0.39 is 5.91 Å². The van der Waals surface area contributed by atoms with Gasteiger partial charge in [0.15, 0.2) is 0 Å². The van der Waals surface area contributed by atoms with Gasteiger partial charge in [-0.25, -0.2) is 4.98 Å². The molecule has 0 radical (unpaired) electrons. The van der Waals surface area contributed by atoms with Gasteiger partial charge in [-0.15, -0.1) is 0 Å².